The van der Waals surface area contributed by atoms with Gasteiger partial charge in [-0.15, -0.1) is 0 Å². The molecule has 0 aliphatic heterocycles. The van der Waals surface area contributed by atoms with E-state index in [1.54, 1.807) is 7.05 Å². The molecule has 0 radical (unpaired) electrons. The topological polar surface area (TPSA) is 66.6 Å². The van der Waals surface area contributed by atoms with Crippen LogP contribution in [0, 0.1) is 0 Å². The van der Waals surface area contributed by atoms with Crippen LogP contribution >= 0.6 is 0 Å². The Bertz CT molecular complexity index is 471. The molecule has 1 rings (SSSR count). The fourth-order valence-corrected chi connectivity index (χ4v) is 2.34. The Hall–Kier alpha value is -0.950. The van der Waals surface area contributed by atoms with Crippen molar-refractivity contribution in [3.05, 3.63) is 35.4 Å². The van der Waals surface area contributed by atoms with Crippen molar-refractivity contribution in [2.45, 2.75) is 13.1 Å². The van der Waals surface area contributed by atoms with Gasteiger partial charge in [-0.05, 0) is 11.1 Å². The second-order valence-corrected chi connectivity index (χ2v) is 6.32. The SMILES string of the molecule is CN(C)S(=O)(=O)N(C)Cc1cccc(CN)c1. The summed E-state index contributed by atoms with van der Waals surface area (Å²) < 4.78 is 26.1. The van der Waals surface area contributed by atoms with Crippen molar-refractivity contribution in [1.29, 1.82) is 0 Å². The Labute approximate surface area is 103 Å². The molecule has 1 aromatic rings. The van der Waals surface area contributed by atoms with E-state index >= 15 is 0 Å². The van der Waals surface area contributed by atoms with Crippen LogP contribution in [0.5, 0.6) is 0 Å². The number of nitrogens with zero attached hydrogens (tertiary/aromatic N) is 2. The molecular weight excluding hydrogens is 238 g/mol. The molecule has 6 heteroatoms. The van der Waals surface area contributed by atoms with Crippen molar-refractivity contribution in [1.82, 2.24) is 8.61 Å². The summed E-state index contributed by atoms with van der Waals surface area (Å²) in [7, 11) is 1.23. The summed E-state index contributed by atoms with van der Waals surface area (Å²) in [6.45, 7) is 0.798. The van der Waals surface area contributed by atoms with Crippen LogP contribution in [0.2, 0.25) is 0 Å². The van der Waals surface area contributed by atoms with Crippen molar-refractivity contribution in [3.8, 4) is 0 Å². The highest BCUT2D eigenvalue weighted by Gasteiger charge is 2.20. The maximum atomic E-state index is 11.8. The molecule has 0 aromatic heterocycles. The Morgan fingerprint density at radius 1 is 1.18 bits per heavy atom. The lowest BCUT2D eigenvalue weighted by Gasteiger charge is -2.21. The molecule has 0 bridgehead atoms. The number of nitrogens with two attached hydrogens (primary N) is 1. The van der Waals surface area contributed by atoms with E-state index in [-0.39, 0.29) is 0 Å². The van der Waals surface area contributed by atoms with Gasteiger partial charge < -0.3 is 5.73 Å². The minimum atomic E-state index is -3.36. The molecule has 0 amide bonds. The van der Waals surface area contributed by atoms with Crippen LogP contribution in [0.25, 0.3) is 0 Å². The molecule has 96 valence electrons. The second kappa shape index (κ2) is 5.59. The summed E-state index contributed by atoms with van der Waals surface area (Å²) in [5.74, 6) is 0. The molecule has 0 heterocycles. The van der Waals surface area contributed by atoms with E-state index in [9.17, 15) is 8.42 Å². The minimum absolute atomic E-state index is 0.342. The number of rotatable bonds is 5. The molecule has 17 heavy (non-hydrogen) atoms. The van der Waals surface area contributed by atoms with Gasteiger partial charge in [0.25, 0.3) is 10.2 Å². The summed E-state index contributed by atoms with van der Waals surface area (Å²) >= 11 is 0. The monoisotopic (exact) mass is 257 g/mol. The van der Waals surface area contributed by atoms with Gasteiger partial charge in [-0.2, -0.15) is 17.0 Å². The zero-order chi connectivity index (χ0) is 13.1. The van der Waals surface area contributed by atoms with Gasteiger partial charge in [-0.3, -0.25) is 0 Å². The Morgan fingerprint density at radius 3 is 2.29 bits per heavy atom. The van der Waals surface area contributed by atoms with E-state index in [1.165, 1.54) is 22.7 Å². The highest BCUT2D eigenvalue weighted by atomic mass is 32.2. The van der Waals surface area contributed by atoms with Crippen LogP contribution in [0.1, 0.15) is 11.1 Å². The van der Waals surface area contributed by atoms with E-state index in [0.717, 1.165) is 11.1 Å². The third-order valence-electron chi connectivity index (χ3n) is 2.49. The largest absolute Gasteiger partial charge is 0.326 e. The second-order valence-electron chi connectivity index (χ2n) is 4.07. The molecule has 0 unspecified atom stereocenters. The van der Waals surface area contributed by atoms with Gasteiger partial charge >= 0.3 is 0 Å². The van der Waals surface area contributed by atoms with E-state index in [1.807, 2.05) is 24.3 Å². The van der Waals surface area contributed by atoms with E-state index in [2.05, 4.69) is 0 Å². The predicted octanol–water partition coefficient (Wildman–Crippen LogP) is 0.383. The first kappa shape index (κ1) is 14.1. The highest BCUT2D eigenvalue weighted by molar-refractivity contribution is 7.86. The Kier molecular flexibility index (Phi) is 4.64. The summed E-state index contributed by atoms with van der Waals surface area (Å²) in [5, 5.41) is 0. The predicted molar refractivity (Wildman–Crippen MR) is 68.4 cm³/mol. The fraction of sp³-hybridized carbons (Fsp3) is 0.455. The van der Waals surface area contributed by atoms with Crippen molar-refractivity contribution >= 4 is 10.2 Å². The molecule has 0 saturated carbocycles. The van der Waals surface area contributed by atoms with Crippen LogP contribution in [-0.4, -0.2) is 38.2 Å². The van der Waals surface area contributed by atoms with Crippen molar-refractivity contribution in [2.75, 3.05) is 21.1 Å². The van der Waals surface area contributed by atoms with Gasteiger partial charge in [0, 0.05) is 34.2 Å². The van der Waals surface area contributed by atoms with Gasteiger partial charge in [0.15, 0.2) is 0 Å². The molecule has 0 aliphatic rings. The normalized spacial score (nSPS) is 12.4. The van der Waals surface area contributed by atoms with E-state index < -0.39 is 10.2 Å². The first-order valence-corrected chi connectivity index (χ1v) is 6.69. The van der Waals surface area contributed by atoms with Gasteiger partial charge in [-0.25, -0.2) is 0 Å². The molecule has 1 aromatic carbocycles. The number of hydrogen-bond donors (Lipinski definition) is 1. The van der Waals surface area contributed by atoms with E-state index in [4.69, 9.17) is 5.73 Å². The summed E-state index contributed by atoms with van der Waals surface area (Å²) in [6.07, 6.45) is 0. The molecule has 0 aliphatic carbocycles. The summed E-state index contributed by atoms with van der Waals surface area (Å²) in [6, 6.07) is 7.61. The number of hydrogen-bond acceptors (Lipinski definition) is 3. The van der Waals surface area contributed by atoms with Gasteiger partial charge in [0.2, 0.25) is 0 Å². The maximum absolute atomic E-state index is 11.8. The van der Waals surface area contributed by atoms with Crippen molar-refractivity contribution in [2.24, 2.45) is 5.73 Å². The molecule has 5 nitrogen and oxygen atoms in total. The quantitative estimate of drug-likeness (QED) is 0.829. The number of benzene rings is 1. The van der Waals surface area contributed by atoms with Crippen LogP contribution in [-0.2, 0) is 23.3 Å². The van der Waals surface area contributed by atoms with Crippen molar-refractivity contribution < 1.29 is 8.42 Å². The molecule has 0 atom stereocenters. The fourth-order valence-electron chi connectivity index (χ4n) is 1.47. The van der Waals surface area contributed by atoms with Crippen LogP contribution in [0.3, 0.4) is 0 Å². The smallest absolute Gasteiger partial charge is 0.281 e. The third-order valence-corrected chi connectivity index (χ3v) is 4.33. The van der Waals surface area contributed by atoms with E-state index in [0.29, 0.717) is 13.1 Å². The lowest BCUT2D eigenvalue weighted by molar-refractivity contribution is 0.414. The summed E-state index contributed by atoms with van der Waals surface area (Å²) in [4.78, 5) is 0. The third kappa shape index (κ3) is 3.50. The maximum Gasteiger partial charge on any atom is 0.281 e. The zero-order valence-corrected chi connectivity index (χ0v) is 11.2. The van der Waals surface area contributed by atoms with Gasteiger partial charge in [0.05, 0.1) is 0 Å². The van der Waals surface area contributed by atoms with Crippen molar-refractivity contribution in [3.63, 3.8) is 0 Å². The van der Waals surface area contributed by atoms with Crippen LogP contribution in [0.4, 0.5) is 0 Å². The lowest BCUT2D eigenvalue weighted by atomic mass is 10.1. The standard InChI is InChI=1S/C11H19N3O2S/c1-13(2)17(15,16)14(3)9-11-6-4-5-10(7-11)8-12/h4-7H,8-9,12H2,1-3H3. The molecular formula is C11H19N3O2S. The lowest BCUT2D eigenvalue weighted by Crippen LogP contribution is -2.36. The van der Waals surface area contributed by atoms with Gasteiger partial charge in [-0.1, -0.05) is 24.3 Å². The highest BCUT2D eigenvalue weighted by Crippen LogP contribution is 2.10. The molecule has 0 fully saturated rings. The average Bonchev–Trinajstić information content (AvgIpc) is 2.29. The Balaban J connectivity index is 2.84. The summed E-state index contributed by atoms with van der Waals surface area (Å²) in [5.41, 5.74) is 7.47. The molecule has 2 N–H and O–H groups in total. The minimum Gasteiger partial charge on any atom is -0.326 e. The molecule has 0 saturated heterocycles. The Morgan fingerprint density at radius 2 is 1.76 bits per heavy atom. The van der Waals surface area contributed by atoms with Gasteiger partial charge in [0.1, 0.15) is 0 Å². The molecule has 0 spiro atoms. The average molecular weight is 257 g/mol. The van der Waals surface area contributed by atoms with Crippen LogP contribution < -0.4 is 5.73 Å². The van der Waals surface area contributed by atoms with Crippen LogP contribution in [0.15, 0.2) is 24.3 Å². The first-order valence-electron chi connectivity index (χ1n) is 5.29. The first-order chi connectivity index (χ1) is 7.87. The zero-order valence-electron chi connectivity index (χ0n) is 10.4.